The molecule has 2 aromatic heterocycles. The number of halogens is 1. The van der Waals surface area contributed by atoms with Crippen LogP contribution >= 0.6 is 22.9 Å². The summed E-state index contributed by atoms with van der Waals surface area (Å²) in [4.78, 5) is 18.8. The largest absolute Gasteiger partial charge is 0.353 e. The van der Waals surface area contributed by atoms with Crippen LogP contribution in [-0.2, 0) is 19.3 Å². The van der Waals surface area contributed by atoms with Crippen LogP contribution in [0.5, 0.6) is 0 Å². The second kappa shape index (κ2) is 6.50. The van der Waals surface area contributed by atoms with Crippen molar-refractivity contribution in [2.75, 3.05) is 5.32 Å². The molecule has 3 heterocycles. The van der Waals surface area contributed by atoms with E-state index in [0.29, 0.717) is 5.15 Å². The molecule has 0 unspecified atom stereocenters. The van der Waals surface area contributed by atoms with Crippen molar-refractivity contribution in [2.24, 2.45) is 0 Å². The van der Waals surface area contributed by atoms with Crippen molar-refractivity contribution in [1.29, 1.82) is 0 Å². The number of hydrogen-bond acceptors (Lipinski definition) is 4. The molecule has 1 aliphatic heterocycles. The van der Waals surface area contributed by atoms with Crippen LogP contribution in [0.4, 0.5) is 5.00 Å². The molecule has 0 bridgehead atoms. The summed E-state index contributed by atoms with van der Waals surface area (Å²) in [6, 6.07) is 8.26. The Balaban J connectivity index is 1.56. The number of aromatic nitrogens is 1. The van der Waals surface area contributed by atoms with E-state index in [4.69, 9.17) is 11.6 Å². The molecular formula is C21H20ClN3OS. The van der Waals surface area contributed by atoms with Gasteiger partial charge < -0.3 is 10.6 Å². The van der Waals surface area contributed by atoms with Gasteiger partial charge in [0, 0.05) is 15.8 Å². The van der Waals surface area contributed by atoms with E-state index in [-0.39, 0.29) is 12.1 Å². The second-order valence-corrected chi connectivity index (χ2v) is 8.68. The number of benzene rings is 1. The third-order valence-corrected chi connectivity index (χ3v) is 7.05. The molecule has 2 aliphatic rings. The van der Waals surface area contributed by atoms with Crippen LogP contribution in [0.1, 0.15) is 57.9 Å². The van der Waals surface area contributed by atoms with Gasteiger partial charge in [-0.3, -0.25) is 4.79 Å². The topological polar surface area (TPSA) is 54.0 Å². The molecule has 2 N–H and O–H groups in total. The first-order valence-corrected chi connectivity index (χ1v) is 10.6. The van der Waals surface area contributed by atoms with Crippen molar-refractivity contribution >= 4 is 44.7 Å². The van der Waals surface area contributed by atoms with Crippen molar-refractivity contribution in [2.45, 2.75) is 45.2 Å². The number of fused-ring (bicyclic) bond motifs is 4. The summed E-state index contributed by atoms with van der Waals surface area (Å²) in [5.41, 5.74) is 5.01. The van der Waals surface area contributed by atoms with Gasteiger partial charge in [-0.05, 0) is 61.4 Å². The molecule has 1 aliphatic carbocycles. The molecule has 0 fully saturated rings. The first-order chi connectivity index (χ1) is 13.1. The molecule has 0 spiro atoms. The number of carbonyl (C=O) groups is 1. The molecule has 3 aromatic rings. The molecule has 6 heteroatoms. The maximum absolute atomic E-state index is 12.9. The van der Waals surface area contributed by atoms with Crippen molar-refractivity contribution in [3.05, 3.63) is 56.5 Å². The van der Waals surface area contributed by atoms with Crippen LogP contribution in [0, 0.1) is 0 Å². The van der Waals surface area contributed by atoms with Crippen LogP contribution in [0.2, 0.25) is 5.15 Å². The minimum absolute atomic E-state index is 0.00776. The molecule has 4 nitrogen and oxygen atoms in total. The zero-order chi connectivity index (χ0) is 18.5. The summed E-state index contributed by atoms with van der Waals surface area (Å²) in [6.45, 7) is 2.13. The third-order valence-electron chi connectivity index (χ3n) is 5.53. The van der Waals surface area contributed by atoms with Gasteiger partial charge in [-0.15, -0.1) is 11.3 Å². The van der Waals surface area contributed by atoms with Crippen molar-refractivity contribution in [1.82, 2.24) is 10.3 Å². The van der Waals surface area contributed by atoms with E-state index in [1.54, 1.807) is 11.3 Å². The average Bonchev–Trinajstić information content (AvgIpc) is 3.06. The molecule has 1 atom stereocenters. The fourth-order valence-corrected chi connectivity index (χ4v) is 5.64. The Morgan fingerprint density at radius 3 is 2.93 bits per heavy atom. The summed E-state index contributed by atoms with van der Waals surface area (Å²) in [6.07, 6.45) is 5.05. The molecule has 5 rings (SSSR count). The van der Waals surface area contributed by atoms with Gasteiger partial charge in [0.15, 0.2) is 0 Å². The molecule has 0 saturated carbocycles. The SMILES string of the molecule is CCc1ccc2nc(Cl)c([C@H]3NC(=O)c4c(sc5c4CCCC5)N3)cc2c1. The second-order valence-electron chi connectivity index (χ2n) is 7.21. The number of rotatable bonds is 2. The van der Waals surface area contributed by atoms with E-state index >= 15 is 0 Å². The van der Waals surface area contributed by atoms with E-state index in [9.17, 15) is 4.79 Å². The van der Waals surface area contributed by atoms with Gasteiger partial charge in [-0.1, -0.05) is 24.6 Å². The maximum Gasteiger partial charge on any atom is 0.256 e. The Hall–Kier alpha value is -2.11. The number of hydrogen-bond donors (Lipinski definition) is 2. The highest BCUT2D eigenvalue weighted by Crippen LogP contribution is 2.42. The van der Waals surface area contributed by atoms with E-state index in [2.05, 4.69) is 34.7 Å². The normalized spacial score (nSPS) is 18.6. The van der Waals surface area contributed by atoms with E-state index in [1.165, 1.54) is 22.4 Å². The fraction of sp³-hybridized carbons (Fsp3) is 0.333. The number of nitrogens with zero attached hydrogens (tertiary/aromatic N) is 1. The summed E-state index contributed by atoms with van der Waals surface area (Å²) >= 11 is 8.21. The lowest BCUT2D eigenvalue weighted by Crippen LogP contribution is -2.38. The van der Waals surface area contributed by atoms with Crippen molar-refractivity contribution < 1.29 is 4.79 Å². The average molecular weight is 398 g/mol. The van der Waals surface area contributed by atoms with Crippen molar-refractivity contribution in [3.63, 3.8) is 0 Å². The van der Waals surface area contributed by atoms with Gasteiger partial charge >= 0.3 is 0 Å². The lowest BCUT2D eigenvalue weighted by molar-refractivity contribution is 0.0935. The summed E-state index contributed by atoms with van der Waals surface area (Å²) in [7, 11) is 0. The predicted octanol–water partition coefficient (Wildman–Crippen LogP) is 5.25. The lowest BCUT2D eigenvalue weighted by atomic mass is 9.94. The smallest absolute Gasteiger partial charge is 0.256 e. The number of pyridine rings is 1. The Kier molecular flexibility index (Phi) is 4.10. The Labute approximate surface area is 167 Å². The van der Waals surface area contributed by atoms with Gasteiger partial charge in [0.25, 0.3) is 5.91 Å². The first-order valence-electron chi connectivity index (χ1n) is 9.45. The maximum atomic E-state index is 12.9. The molecule has 138 valence electrons. The number of aryl methyl sites for hydroxylation is 2. The van der Waals surface area contributed by atoms with E-state index in [1.807, 2.05) is 12.1 Å². The zero-order valence-corrected chi connectivity index (χ0v) is 16.6. The van der Waals surface area contributed by atoms with Crippen LogP contribution < -0.4 is 10.6 Å². The minimum atomic E-state index is -0.361. The Morgan fingerprint density at radius 2 is 2.07 bits per heavy atom. The van der Waals surface area contributed by atoms with Gasteiger partial charge in [-0.2, -0.15) is 0 Å². The van der Waals surface area contributed by atoms with E-state index in [0.717, 1.165) is 52.7 Å². The lowest BCUT2D eigenvalue weighted by Gasteiger charge is -2.27. The van der Waals surface area contributed by atoms with Gasteiger partial charge in [-0.25, -0.2) is 4.98 Å². The number of thiophene rings is 1. The van der Waals surface area contributed by atoms with Crippen LogP contribution in [0.25, 0.3) is 10.9 Å². The molecule has 0 radical (unpaired) electrons. The zero-order valence-electron chi connectivity index (χ0n) is 15.1. The van der Waals surface area contributed by atoms with Gasteiger partial charge in [0.1, 0.15) is 16.3 Å². The van der Waals surface area contributed by atoms with Crippen LogP contribution in [-0.4, -0.2) is 10.9 Å². The highest BCUT2D eigenvalue weighted by Gasteiger charge is 2.33. The van der Waals surface area contributed by atoms with E-state index < -0.39 is 0 Å². The number of amides is 1. The summed E-state index contributed by atoms with van der Waals surface area (Å²) in [5.74, 6) is -0.00776. The molecule has 0 saturated heterocycles. The quantitative estimate of drug-likeness (QED) is 0.581. The number of nitrogens with one attached hydrogen (secondary N) is 2. The molecule has 1 amide bonds. The Morgan fingerprint density at radius 1 is 1.22 bits per heavy atom. The third kappa shape index (κ3) is 2.80. The highest BCUT2D eigenvalue weighted by molar-refractivity contribution is 7.16. The highest BCUT2D eigenvalue weighted by atomic mass is 35.5. The molecule has 27 heavy (non-hydrogen) atoms. The summed E-state index contributed by atoms with van der Waals surface area (Å²) < 4.78 is 0. The van der Waals surface area contributed by atoms with Gasteiger partial charge in [0.2, 0.25) is 0 Å². The number of carbonyl (C=O) groups excluding carboxylic acids is 1. The molecule has 1 aromatic carbocycles. The first kappa shape index (κ1) is 17.0. The molecular weight excluding hydrogens is 378 g/mol. The van der Waals surface area contributed by atoms with Crippen LogP contribution in [0.3, 0.4) is 0 Å². The standard InChI is InChI=1S/C21H20ClN3OS/c1-2-11-7-8-15-12(9-11)10-14(18(22)23-15)19-24-20(26)17-13-5-3-4-6-16(13)27-21(17)25-19/h7-10,19,25H,2-6H2,1H3,(H,24,26)/t19-/m0/s1. The summed E-state index contributed by atoms with van der Waals surface area (Å²) in [5, 5.41) is 9.02. The fourth-order valence-electron chi connectivity index (χ4n) is 4.07. The monoisotopic (exact) mass is 397 g/mol. The van der Waals surface area contributed by atoms with Gasteiger partial charge in [0.05, 0.1) is 11.1 Å². The minimum Gasteiger partial charge on any atom is -0.353 e. The predicted molar refractivity (Wildman–Crippen MR) is 111 cm³/mol. The number of anilines is 1. The van der Waals surface area contributed by atoms with Crippen LogP contribution in [0.15, 0.2) is 24.3 Å². The Bertz CT molecular complexity index is 1070. The van der Waals surface area contributed by atoms with Crippen molar-refractivity contribution in [3.8, 4) is 0 Å².